The number of fused-ring (bicyclic) bond motifs is 5. The van der Waals surface area contributed by atoms with Crippen molar-refractivity contribution in [3.05, 3.63) is 59.7 Å². The van der Waals surface area contributed by atoms with Gasteiger partial charge >= 0.3 is 0 Å². The zero-order valence-corrected chi connectivity index (χ0v) is 13.0. The smallest absolute Gasteiger partial charge is 0.123 e. The summed E-state index contributed by atoms with van der Waals surface area (Å²) >= 11 is 0. The van der Waals surface area contributed by atoms with Gasteiger partial charge < -0.3 is 9.84 Å². The number of phenolic OH excluding ortho intramolecular Hbond substituents is 1. The number of benzene rings is 3. The van der Waals surface area contributed by atoms with Crippen LogP contribution in [0, 0.1) is 0 Å². The van der Waals surface area contributed by atoms with E-state index in [-0.39, 0.29) is 5.41 Å². The Labute approximate surface area is 130 Å². The Morgan fingerprint density at radius 3 is 2.45 bits per heavy atom. The molecule has 1 aliphatic rings. The molecule has 0 atom stereocenters. The fourth-order valence-electron chi connectivity index (χ4n) is 3.69. The summed E-state index contributed by atoms with van der Waals surface area (Å²) in [6.07, 6.45) is 0. The lowest BCUT2D eigenvalue weighted by Crippen LogP contribution is -2.14. The van der Waals surface area contributed by atoms with Crippen LogP contribution in [0.3, 0.4) is 0 Å². The average Bonchev–Trinajstić information content (AvgIpc) is 2.76. The molecule has 110 valence electrons. The van der Waals surface area contributed by atoms with Gasteiger partial charge in [0, 0.05) is 10.8 Å². The first-order valence-corrected chi connectivity index (χ1v) is 7.48. The van der Waals surface area contributed by atoms with Crippen LogP contribution < -0.4 is 4.74 Å². The predicted molar refractivity (Wildman–Crippen MR) is 89.7 cm³/mol. The third-order valence-corrected chi connectivity index (χ3v) is 4.87. The van der Waals surface area contributed by atoms with Gasteiger partial charge in [0.15, 0.2) is 0 Å². The molecule has 3 aromatic carbocycles. The largest absolute Gasteiger partial charge is 0.507 e. The van der Waals surface area contributed by atoms with E-state index < -0.39 is 0 Å². The summed E-state index contributed by atoms with van der Waals surface area (Å²) < 4.78 is 5.30. The van der Waals surface area contributed by atoms with Gasteiger partial charge in [-0.2, -0.15) is 0 Å². The average molecular weight is 290 g/mol. The van der Waals surface area contributed by atoms with Gasteiger partial charge in [-0.3, -0.25) is 0 Å². The minimum Gasteiger partial charge on any atom is -0.507 e. The molecule has 22 heavy (non-hydrogen) atoms. The van der Waals surface area contributed by atoms with Crippen molar-refractivity contribution < 1.29 is 9.84 Å². The fraction of sp³-hybridized carbons (Fsp3) is 0.200. The standard InChI is InChI=1S/C20H18O2/c1-20(2)16-7-5-4-6-14(16)19-13-9-8-12(22-3)10-15(13)18(21)11-17(19)20/h4-11,21H,1-3H3. The number of aromatic hydroxyl groups is 1. The van der Waals surface area contributed by atoms with Crippen LogP contribution in [0.25, 0.3) is 21.9 Å². The number of rotatable bonds is 1. The molecule has 0 saturated heterocycles. The summed E-state index contributed by atoms with van der Waals surface area (Å²) in [7, 11) is 1.64. The number of hydrogen-bond donors (Lipinski definition) is 1. The van der Waals surface area contributed by atoms with Gasteiger partial charge in [-0.05, 0) is 51.9 Å². The lowest BCUT2D eigenvalue weighted by Gasteiger charge is -2.22. The van der Waals surface area contributed by atoms with E-state index in [4.69, 9.17) is 4.74 Å². The molecule has 2 nitrogen and oxygen atoms in total. The van der Waals surface area contributed by atoms with E-state index in [1.165, 1.54) is 22.3 Å². The van der Waals surface area contributed by atoms with E-state index in [2.05, 4.69) is 38.1 Å². The van der Waals surface area contributed by atoms with Crippen molar-refractivity contribution in [2.45, 2.75) is 19.3 Å². The van der Waals surface area contributed by atoms with Crippen LogP contribution in [0.1, 0.15) is 25.0 Å². The van der Waals surface area contributed by atoms with Crippen LogP contribution in [-0.2, 0) is 5.41 Å². The zero-order valence-electron chi connectivity index (χ0n) is 13.0. The lowest BCUT2D eigenvalue weighted by atomic mass is 9.82. The third kappa shape index (κ3) is 1.55. The Bertz CT molecular complexity index is 907. The van der Waals surface area contributed by atoms with Gasteiger partial charge in [0.1, 0.15) is 11.5 Å². The molecule has 3 aromatic rings. The van der Waals surface area contributed by atoms with E-state index in [0.29, 0.717) is 5.75 Å². The van der Waals surface area contributed by atoms with Gasteiger partial charge in [0.05, 0.1) is 7.11 Å². The highest BCUT2D eigenvalue weighted by Crippen LogP contribution is 2.53. The monoisotopic (exact) mass is 290 g/mol. The summed E-state index contributed by atoms with van der Waals surface area (Å²) in [4.78, 5) is 0. The molecule has 0 unspecified atom stereocenters. The molecule has 2 heteroatoms. The van der Waals surface area contributed by atoms with Crippen LogP contribution in [-0.4, -0.2) is 12.2 Å². The molecule has 1 N–H and O–H groups in total. The molecule has 0 aliphatic heterocycles. The molecule has 0 saturated carbocycles. The van der Waals surface area contributed by atoms with Crippen LogP contribution in [0.5, 0.6) is 11.5 Å². The maximum Gasteiger partial charge on any atom is 0.123 e. The Morgan fingerprint density at radius 1 is 0.909 bits per heavy atom. The molecule has 0 bridgehead atoms. The number of phenols is 1. The maximum atomic E-state index is 10.5. The minimum absolute atomic E-state index is 0.0997. The summed E-state index contributed by atoms with van der Waals surface area (Å²) in [6.45, 7) is 4.43. The van der Waals surface area contributed by atoms with Crippen LogP contribution in [0.4, 0.5) is 0 Å². The second-order valence-electron chi connectivity index (χ2n) is 6.40. The molecule has 0 aromatic heterocycles. The van der Waals surface area contributed by atoms with Crippen LogP contribution in [0.2, 0.25) is 0 Å². The maximum absolute atomic E-state index is 10.5. The summed E-state index contributed by atoms with van der Waals surface area (Å²) in [6, 6.07) is 16.3. The summed E-state index contributed by atoms with van der Waals surface area (Å²) in [5.41, 5.74) is 4.89. The molecule has 0 spiro atoms. The molecular weight excluding hydrogens is 272 g/mol. The highest BCUT2D eigenvalue weighted by Gasteiger charge is 2.36. The first-order chi connectivity index (χ1) is 10.5. The Balaban J connectivity index is 2.17. The van der Waals surface area contributed by atoms with Crippen LogP contribution >= 0.6 is 0 Å². The quantitative estimate of drug-likeness (QED) is 0.693. The second-order valence-corrected chi connectivity index (χ2v) is 6.40. The van der Waals surface area contributed by atoms with E-state index in [0.717, 1.165) is 16.5 Å². The first kappa shape index (κ1) is 13.2. The van der Waals surface area contributed by atoms with Crippen LogP contribution in [0.15, 0.2) is 48.5 Å². The lowest BCUT2D eigenvalue weighted by molar-refractivity contribution is 0.415. The van der Waals surface area contributed by atoms with Crippen molar-refractivity contribution in [1.82, 2.24) is 0 Å². The van der Waals surface area contributed by atoms with E-state index in [9.17, 15) is 5.11 Å². The molecular formula is C20H18O2. The molecule has 0 amide bonds. The van der Waals surface area contributed by atoms with Crippen molar-refractivity contribution in [2.24, 2.45) is 0 Å². The topological polar surface area (TPSA) is 29.5 Å². The van der Waals surface area contributed by atoms with Crippen molar-refractivity contribution in [3.63, 3.8) is 0 Å². The van der Waals surface area contributed by atoms with Crippen molar-refractivity contribution in [1.29, 1.82) is 0 Å². The Morgan fingerprint density at radius 2 is 1.68 bits per heavy atom. The minimum atomic E-state index is -0.0997. The second kappa shape index (κ2) is 4.26. The van der Waals surface area contributed by atoms with Gasteiger partial charge in [0.25, 0.3) is 0 Å². The van der Waals surface area contributed by atoms with E-state index >= 15 is 0 Å². The number of ether oxygens (including phenoxy) is 1. The number of methoxy groups -OCH3 is 1. The molecule has 4 rings (SSSR count). The van der Waals surface area contributed by atoms with E-state index in [1.54, 1.807) is 7.11 Å². The molecule has 0 heterocycles. The highest BCUT2D eigenvalue weighted by molar-refractivity contribution is 6.05. The molecule has 1 aliphatic carbocycles. The zero-order chi connectivity index (χ0) is 15.5. The van der Waals surface area contributed by atoms with Gasteiger partial charge in [-0.25, -0.2) is 0 Å². The normalized spacial score (nSPS) is 14.7. The molecule has 0 radical (unpaired) electrons. The van der Waals surface area contributed by atoms with E-state index in [1.807, 2.05) is 24.3 Å². The van der Waals surface area contributed by atoms with Gasteiger partial charge in [-0.1, -0.05) is 38.1 Å². The SMILES string of the molecule is COc1ccc2c3c(cc(O)c2c1)C(C)(C)c1ccccc1-3. The van der Waals surface area contributed by atoms with Gasteiger partial charge in [-0.15, -0.1) is 0 Å². The third-order valence-electron chi connectivity index (χ3n) is 4.87. The predicted octanol–water partition coefficient (Wildman–Crippen LogP) is 4.86. The Kier molecular flexibility index (Phi) is 2.56. The highest BCUT2D eigenvalue weighted by atomic mass is 16.5. The van der Waals surface area contributed by atoms with Crippen molar-refractivity contribution in [3.8, 4) is 22.6 Å². The molecule has 0 fully saturated rings. The Hall–Kier alpha value is -2.48. The fourth-order valence-corrected chi connectivity index (χ4v) is 3.69. The summed E-state index contributed by atoms with van der Waals surface area (Å²) in [5.74, 6) is 1.07. The van der Waals surface area contributed by atoms with Crippen molar-refractivity contribution >= 4 is 10.8 Å². The van der Waals surface area contributed by atoms with Gasteiger partial charge in [0.2, 0.25) is 0 Å². The van der Waals surface area contributed by atoms with Crippen molar-refractivity contribution in [2.75, 3.05) is 7.11 Å². The summed E-state index contributed by atoms with van der Waals surface area (Å²) in [5, 5.41) is 12.4. The number of hydrogen-bond acceptors (Lipinski definition) is 2. The first-order valence-electron chi connectivity index (χ1n) is 7.48.